The van der Waals surface area contributed by atoms with Gasteiger partial charge in [0.2, 0.25) is 5.91 Å². The molecule has 0 aromatic carbocycles. The van der Waals surface area contributed by atoms with Crippen molar-refractivity contribution in [1.29, 1.82) is 0 Å². The fourth-order valence-electron chi connectivity index (χ4n) is 13.5. The van der Waals surface area contributed by atoms with Crippen LogP contribution < -0.4 is 5.32 Å². The topological polar surface area (TPSA) is 95.9 Å². The van der Waals surface area contributed by atoms with Crippen LogP contribution in [-0.4, -0.2) is 47.4 Å². The number of hydrogen-bond donors (Lipinski definition) is 3. The molecule has 0 heterocycles. The highest BCUT2D eigenvalue weighted by atomic mass is 16.5. The highest BCUT2D eigenvalue weighted by molar-refractivity contribution is 5.76. The number of unbranched alkanes of at least 4 members (excludes halogenated alkanes) is 63. The van der Waals surface area contributed by atoms with E-state index in [2.05, 4.69) is 55.6 Å². The van der Waals surface area contributed by atoms with Crippen molar-refractivity contribution in [3.05, 3.63) is 36.5 Å². The molecule has 2 unspecified atom stereocenters. The van der Waals surface area contributed by atoms with Gasteiger partial charge in [-0.3, -0.25) is 9.59 Å². The molecule has 0 bridgehead atoms. The molecule has 1 amide bonds. The van der Waals surface area contributed by atoms with Gasteiger partial charge in [0.1, 0.15) is 0 Å². The van der Waals surface area contributed by atoms with Crippen molar-refractivity contribution in [3.8, 4) is 0 Å². The van der Waals surface area contributed by atoms with Crippen molar-refractivity contribution in [2.45, 2.75) is 488 Å². The number of amides is 1. The van der Waals surface area contributed by atoms with Gasteiger partial charge in [0.15, 0.2) is 0 Å². The second-order valence-corrected chi connectivity index (χ2v) is 29.2. The molecule has 6 nitrogen and oxygen atoms in total. The minimum Gasteiger partial charge on any atom is -0.466 e. The maximum atomic E-state index is 12.6. The van der Waals surface area contributed by atoms with Gasteiger partial charge >= 0.3 is 5.97 Å². The molecule has 3 N–H and O–H groups in total. The Balaban J connectivity index is 3.33. The Kier molecular flexibility index (Phi) is 79.8. The number of allylic oxidation sites excluding steroid dienone is 6. The molecule has 0 aromatic heterocycles. The number of esters is 1. The van der Waals surface area contributed by atoms with E-state index in [0.29, 0.717) is 25.9 Å². The predicted octanol–water partition coefficient (Wildman–Crippen LogP) is 28.2. The molecular formula is C86H165NO5. The predicted molar refractivity (Wildman–Crippen MR) is 407 cm³/mol. The first-order valence-electron chi connectivity index (χ1n) is 42.2. The van der Waals surface area contributed by atoms with Gasteiger partial charge < -0.3 is 20.3 Å². The lowest BCUT2D eigenvalue weighted by atomic mass is 10.0. The molecular weight excluding hydrogens is 1130 g/mol. The van der Waals surface area contributed by atoms with Crippen LogP contribution >= 0.6 is 0 Å². The van der Waals surface area contributed by atoms with E-state index in [1.54, 1.807) is 0 Å². The van der Waals surface area contributed by atoms with E-state index in [4.69, 9.17) is 4.74 Å². The average Bonchev–Trinajstić information content (AvgIpc) is 3.48. The first kappa shape index (κ1) is 90.1. The summed E-state index contributed by atoms with van der Waals surface area (Å²) >= 11 is 0. The van der Waals surface area contributed by atoms with Gasteiger partial charge in [-0.15, -0.1) is 0 Å². The van der Waals surface area contributed by atoms with E-state index in [1.165, 1.54) is 392 Å². The minimum atomic E-state index is -0.663. The van der Waals surface area contributed by atoms with Crippen LogP contribution in [0.3, 0.4) is 0 Å². The quantitative estimate of drug-likeness (QED) is 0.0320. The Labute approximate surface area is 576 Å². The van der Waals surface area contributed by atoms with Gasteiger partial charge in [0, 0.05) is 12.8 Å². The van der Waals surface area contributed by atoms with Gasteiger partial charge in [0.25, 0.3) is 0 Å². The van der Waals surface area contributed by atoms with Gasteiger partial charge in [-0.05, 0) is 77.0 Å². The van der Waals surface area contributed by atoms with Crippen LogP contribution in [0, 0.1) is 0 Å². The van der Waals surface area contributed by atoms with Crippen LogP contribution in [0.1, 0.15) is 476 Å². The van der Waals surface area contributed by atoms with Gasteiger partial charge in [-0.1, -0.05) is 423 Å². The molecule has 0 aliphatic rings. The minimum absolute atomic E-state index is 0.00770. The third-order valence-corrected chi connectivity index (χ3v) is 19.9. The zero-order chi connectivity index (χ0) is 66.3. The van der Waals surface area contributed by atoms with E-state index >= 15 is 0 Å². The first-order valence-corrected chi connectivity index (χ1v) is 42.2. The molecule has 6 heteroatoms. The van der Waals surface area contributed by atoms with Crippen molar-refractivity contribution < 1.29 is 24.5 Å². The number of carbonyl (C=O) groups is 2. The summed E-state index contributed by atoms with van der Waals surface area (Å²) in [5.41, 5.74) is 0. The fourth-order valence-corrected chi connectivity index (χ4v) is 13.5. The number of nitrogens with one attached hydrogen (secondary N) is 1. The zero-order valence-corrected chi connectivity index (χ0v) is 62.6. The molecule has 0 fully saturated rings. The van der Waals surface area contributed by atoms with E-state index in [9.17, 15) is 19.8 Å². The Hall–Kier alpha value is -1.92. The third-order valence-electron chi connectivity index (χ3n) is 19.9. The van der Waals surface area contributed by atoms with Crippen molar-refractivity contribution in [3.63, 3.8) is 0 Å². The summed E-state index contributed by atoms with van der Waals surface area (Å²) in [5.74, 6) is -0.0171. The van der Waals surface area contributed by atoms with E-state index in [-0.39, 0.29) is 18.5 Å². The Morgan fingerprint density at radius 3 is 0.880 bits per heavy atom. The van der Waals surface area contributed by atoms with E-state index < -0.39 is 12.1 Å². The Morgan fingerprint density at radius 2 is 0.565 bits per heavy atom. The van der Waals surface area contributed by atoms with Gasteiger partial charge in [0.05, 0.1) is 25.4 Å². The summed E-state index contributed by atoms with van der Waals surface area (Å²) in [4.78, 5) is 24.6. The molecule has 0 aromatic rings. The fraction of sp³-hybridized carbons (Fsp3) is 0.907. The third kappa shape index (κ3) is 77.1. The summed E-state index contributed by atoms with van der Waals surface area (Å²) in [5, 5.41) is 23.5. The second kappa shape index (κ2) is 81.5. The smallest absolute Gasteiger partial charge is 0.305 e. The largest absolute Gasteiger partial charge is 0.466 e. The lowest BCUT2D eigenvalue weighted by Gasteiger charge is -2.22. The van der Waals surface area contributed by atoms with Crippen molar-refractivity contribution in [1.82, 2.24) is 5.32 Å². The summed E-state index contributed by atoms with van der Waals surface area (Å²) in [7, 11) is 0. The molecule has 0 aliphatic carbocycles. The van der Waals surface area contributed by atoms with E-state index in [0.717, 1.165) is 51.4 Å². The van der Waals surface area contributed by atoms with Crippen molar-refractivity contribution >= 4 is 11.9 Å². The number of aliphatic hydroxyl groups excluding tert-OH is 2. The molecule has 0 radical (unpaired) electrons. The zero-order valence-electron chi connectivity index (χ0n) is 62.6. The second-order valence-electron chi connectivity index (χ2n) is 29.2. The molecule has 0 saturated heterocycles. The molecule has 2 atom stereocenters. The SMILES string of the molecule is CCC/C=C\C/C=C\CCCCCCCC(=O)OCCCCCCCCCCCCCCCCCCCC/C=C\CCCCCCCCCCCCCCCCCCCC(=O)NC(CO)C(O)CCCCCCCCCCCCCCCCCCCCCCCCC. The van der Waals surface area contributed by atoms with Crippen LogP contribution in [0.4, 0.5) is 0 Å². The van der Waals surface area contributed by atoms with Crippen molar-refractivity contribution in [2.24, 2.45) is 0 Å². The number of ether oxygens (including phenoxy) is 1. The maximum absolute atomic E-state index is 12.6. The monoisotopic (exact) mass is 1290 g/mol. The number of rotatable bonds is 80. The summed E-state index contributed by atoms with van der Waals surface area (Å²) in [6.45, 7) is 4.94. The Bertz CT molecular complexity index is 1490. The average molecular weight is 1290 g/mol. The normalized spacial score (nSPS) is 12.6. The lowest BCUT2D eigenvalue weighted by Crippen LogP contribution is -2.45. The molecule has 0 spiro atoms. The highest BCUT2D eigenvalue weighted by Gasteiger charge is 2.20. The number of hydrogen-bond acceptors (Lipinski definition) is 5. The molecule has 0 aliphatic heterocycles. The molecule has 0 saturated carbocycles. The number of aliphatic hydroxyl groups is 2. The molecule has 544 valence electrons. The van der Waals surface area contributed by atoms with Crippen LogP contribution in [-0.2, 0) is 14.3 Å². The molecule has 92 heavy (non-hydrogen) atoms. The van der Waals surface area contributed by atoms with Crippen LogP contribution in [0.2, 0.25) is 0 Å². The summed E-state index contributed by atoms with van der Waals surface area (Å²) in [6, 6.07) is -0.540. The van der Waals surface area contributed by atoms with Crippen LogP contribution in [0.5, 0.6) is 0 Å². The summed E-state index contributed by atoms with van der Waals surface area (Å²) in [6.07, 6.45) is 107. The standard InChI is InChI=1S/C86H165NO5/c1-3-5-7-9-11-13-15-17-18-19-20-21-39-42-45-48-51-55-58-62-66-70-74-78-84(89)83(82-88)87-85(90)79-75-71-67-63-59-56-52-49-46-43-40-37-35-33-31-29-27-25-23-22-24-26-28-30-32-34-36-38-41-44-47-50-53-57-61-65-69-73-77-81-92-86(91)80-76-72-68-64-60-54-16-14-12-10-8-6-4-2/h8,10,14,16,22-23,83-84,88-89H,3-7,9,11-13,15,17-21,24-82H2,1-2H3,(H,87,90)/b10-8-,16-14-,23-22-. The molecule has 0 rings (SSSR count). The maximum Gasteiger partial charge on any atom is 0.305 e. The van der Waals surface area contributed by atoms with Gasteiger partial charge in [-0.2, -0.15) is 0 Å². The number of carbonyl (C=O) groups excluding carboxylic acids is 2. The van der Waals surface area contributed by atoms with Crippen LogP contribution in [0.25, 0.3) is 0 Å². The highest BCUT2D eigenvalue weighted by Crippen LogP contribution is 2.21. The van der Waals surface area contributed by atoms with Crippen LogP contribution in [0.15, 0.2) is 36.5 Å². The van der Waals surface area contributed by atoms with Gasteiger partial charge in [-0.25, -0.2) is 0 Å². The Morgan fingerprint density at radius 1 is 0.304 bits per heavy atom. The van der Waals surface area contributed by atoms with E-state index in [1.807, 2.05) is 0 Å². The first-order chi connectivity index (χ1) is 45.5. The van der Waals surface area contributed by atoms with Crippen molar-refractivity contribution in [2.75, 3.05) is 13.2 Å². The lowest BCUT2D eigenvalue weighted by molar-refractivity contribution is -0.143. The summed E-state index contributed by atoms with van der Waals surface area (Å²) < 4.78 is 5.48.